The Labute approximate surface area is 158 Å². The Balaban J connectivity index is 1.37. The van der Waals surface area contributed by atoms with Crippen LogP contribution in [-0.2, 0) is 16.0 Å². The van der Waals surface area contributed by atoms with Crippen LogP contribution in [0.5, 0.6) is 0 Å². The molecular weight excluding hydrogens is 345 g/mol. The van der Waals surface area contributed by atoms with Gasteiger partial charge in [-0.1, -0.05) is 18.2 Å². The van der Waals surface area contributed by atoms with Crippen molar-refractivity contribution >= 4 is 23.2 Å². The lowest BCUT2D eigenvalue weighted by Gasteiger charge is -2.17. The number of nitrogens with one attached hydrogen (secondary N) is 2. The lowest BCUT2D eigenvalue weighted by Crippen LogP contribution is -2.36. The van der Waals surface area contributed by atoms with Crippen LogP contribution in [0.25, 0.3) is 0 Å². The molecule has 0 spiro atoms. The third-order valence-electron chi connectivity index (χ3n) is 4.62. The van der Waals surface area contributed by atoms with Crippen LogP contribution >= 0.6 is 0 Å². The number of anilines is 2. The maximum atomic E-state index is 13.1. The van der Waals surface area contributed by atoms with Crippen LogP contribution in [0.3, 0.4) is 0 Å². The summed E-state index contributed by atoms with van der Waals surface area (Å²) in [5.74, 6) is -1.98. The van der Waals surface area contributed by atoms with Crippen molar-refractivity contribution in [1.82, 2.24) is 5.32 Å². The number of benzene rings is 2. The first kappa shape index (κ1) is 18.9. The second-order valence-corrected chi connectivity index (χ2v) is 6.68. The third-order valence-corrected chi connectivity index (χ3v) is 4.62. The molecule has 6 heteroatoms. The molecule has 0 aromatic heterocycles. The Bertz CT molecular complexity index is 786. The molecule has 0 unspecified atom stereocenters. The number of hydrogen-bond acceptors (Lipinski definition) is 3. The van der Waals surface area contributed by atoms with Crippen LogP contribution < -0.4 is 15.5 Å². The van der Waals surface area contributed by atoms with E-state index in [1.54, 1.807) is 0 Å². The summed E-state index contributed by atoms with van der Waals surface area (Å²) >= 11 is 0. The molecular formula is C21H24FN3O2. The molecule has 5 nitrogen and oxygen atoms in total. The summed E-state index contributed by atoms with van der Waals surface area (Å²) in [5, 5.41) is 4.97. The smallest absolute Gasteiger partial charge is 0.313 e. The van der Waals surface area contributed by atoms with Crippen LogP contribution in [0.4, 0.5) is 15.8 Å². The molecule has 1 aliphatic heterocycles. The molecule has 2 aromatic rings. The lowest BCUT2D eigenvalue weighted by molar-refractivity contribution is -0.136. The van der Waals surface area contributed by atoms with E-state index in [2.05, 4.69) is 39.8 Å². The number of carbonyl (C=O) groups excluding carboxylic acids is 2. The maximum absolute atomic E-state index is 13.1. The van der Waals surface area contributed by atoms with Crippen molar-refractivity contribution in [1.29, 1.82) is 0 Å². The highest BCUT2D eigenvalue weighted by Crippen LogP contribution is 2.20. The van der Waals surface area contributed by atoms with Crippen molar-refractivity contribution in [3.8, 4) is 0 Å². The van der Waals surface area contributed by atoms with Gasteiger partial charge in [0.05, 0.1) is 0 Å². The first-order valence-corrected chi connectivity index (χ1v) is 9.30. The van der Waals surface area contributed by atoms with E-state index in [9.17, 15) is 14.0 Å². The summed E-state index contributed by atoms with van der Waals surface area (Å²) < 4.78 is 13.1. The SMILES string of the molecule is O=C(NCCCc1ccc(N2CCCC2)cc1)C(=O)Nc1cccc(F)c1. The number of nitrogens with zero attached hydrogens (tertiary/aromatic N) is 1. The zero-order valence-corrected chi connectivity index (χ0v) is 15.2. The van der Waals surface area contributed by atoms with E-state index in [1.165, 1.54) is 42.3 Å². The van der Waals surface area contributed by atoms with Gasteiger partial charge in [0.25, 0.3) is 0 Å². The molecule has 142 valence electrons. The molecule has 2 amide bonds. The predicted octanol–water partition coefficient (Wildman–Crippen LogP) is 3.11. The summed E-state index contributed by atoms with van der Waals surface area (Å²) in [6.45, 7) is 2.66. The Morgan fingerprint density at radius 1 is 1.00 bits per heavy atom. The fraction of sp³-hybridized carbons (Fsp3) is 0.333. The molecule has 0 radical (unpaired) electrons. The molecule has 27 heavy (non-hydrogen) atoms. The summed E-state index contributed by atoms with van der Waals surface area (Å²) in [6, 6.07) is 14.0. The van der Waals surface area contributed by atoms with Gasteiger partial charge in [0, 0.05) is 31.0 Å². The minimum atomic E-state index is -0.796. The van der Waals surface area contributed by atoms with Crippen LogP contribution in [0, 0.1) is 5.82 Å². The van der Waals surface area contributed by atoms with E-state index >= 15 is 0 Å². The second-order valence-electron chi connectivity index (χ2n) is 6.68. The van der Waals surface area contributed by atoms with Gasteiger partial charge in [0.1, 0.15) is 5.82 Å². The molecule has 2 N–H and O–H groups in total. The van der Waals surface area contributed by atoms with E-state index in [0.29, 0.717) is 6.54 Å². The Morgan fingerprint density at radius 2 is 1.74 bits per heavy atom. The molecule has 1 heterocycles. The van der Waals surface area contributed by atoms with E-state index in [0.717, 1.165) is 32.0 Å². The largest absolute Gasteiger partial charge is 0.372 e. The van der Waals surface area contributed by atoms with Crippen molar-refractivity contribution in [2.24, 2.45) is 0 Å². The highest BCUT2D eigenvalue weighted by molar-refractivity contribution is 6.39. The van der Waals surface area contributed by atoms with E-state index in [4.69, 9.17) is 0 Å². The minimum Gasteiger partial charge on any atom is -0.372 e. The van der Waals surface area contributed by atoms with Gasteiger partial charge in [-0.3, -0.25) is 9.59 Å². The molecule has 1 aliphatic rings. The van der Waals surface area contributed by atoms with Crippen molar-refractivity contribution < 1.29 is 14.0 Å². The van der Waals surface area contributed by atoms with Gasteiger partial charge in [-0.25, -0.2) is 4.39 Å². The highest BCUT2D eigenvalue weighted by Gasteiger charge is 2.14. The Hall–Kier alpha value is -2.89. The standard InChI is InChI=1S/C21H24FN3O2/c22-17-6-3-7-18(15-17)24-21(27)20(26)23-12-4-5-16-8-10-19(11-9-16)25-13-1-2-14-25/h3,6-11,15H,1-2,4-5,12-14H2,(H,23,26)(H,24,27). The quantitative estimate of drug-likeness (QED) is 0.608. The van der Waals surface area contributed by atoms with Gasteiger partial charge in [-0.2, -0.15) is 0 Å². The molecule has 0 saturated carbocycles. The second kappa shape index (κ2) is 9.16. The van der Waals surface area contributed by atoms with Gasteiger partial charge in [-0.15, -0.1) is 0 Å². The van der Waals surface area contributed by atoms with Crippen LogP contribution in [0.2, 0.25) is 0 Å². The topological polar surface area (TPSA) is 61.4 Å². The van der Waals surface area contributed by atoms with Gasteiger partial charge in [0.15, 0.2) is 0 Å². The predicted molar refractivity (Wildman–Crippen MR) is 104 cm³/mol. The average Bonchev–Trinajstić information content (AvgIpc) is 3.20. The highest BCUT2D eigenvalue weighted by atomic mass is 19.1. The molecule has 0 bridgehead atoms. The number of amides is 2. The maximum Gasteiger partial charge on any atom is 0.313 e. The zero-order chi connectivity index (χ0) is 19.1. The third kappa shape index (κ3) is 5.54. The Morgan fingerprint density at radius 3 is 2.44 bits per heavy atom. The van der Waals surface area contributed by atoms with Crippen molar-refractivity contribution in [3.63, 3.8) is 0 Å². The van der Waals surface area contributed by atoms with Crippen molar-refractivity contribution in [2.45, 2.75) is 25.7 Å². The van der Waals surface area contributed by atoms with E-state index in [1.807, 2.05) is 0 Å². The first-order chi connectivity index (χ1) is 13.1. The number of hydrogen-bond donors (Lipinski definition) is 2. The molecule has 3 rings (SSSR count). The zero-order valence-electron chi connectivity index (χ0n) is 15.2. The van der Waals surface area contributed by atoms with Crippen LogP contribution in [0.15, 0.2) is 48.5 Å². The number of rotatable bonds is 6. The average molecular weight is 369 g/mol. The fourth-order valence-corrected chi connectivity index (χ4v) is 3.18. The van der Waals surface area contributed by atoms with E-state index < -0.39 is 17.6 Å². The van der Waals surface area contributed by atoms with Crippen LogP contribution in [-0.4, -0.2) is 31.4 Å². The minimum absolute atomic E-state index is 0.258. The molecule has 1 fully saturated rings. The van der Waals surface area contributed by atoms with Crippen LogP contribution in [0.1, 0.15) is 24.8 Å². The van der Waals surface area contributed by atoms with Crippen molar-refractivity contribution in [2.75, 3.05) is 29.9 Å². The summed E-state index contributed by atoms with van der Waals surface area (Å²) in [7, 11) is 0. The van der Waals surface area contributed by atoms with Gasteiger partial charge in [-0.05, 0) is 61.6 Å². The van der Waals surface area contributed by atoms with Gasteiger partial charge in [0.2, 0.25) is 0 Å². The van der Waals surface area contributed by atoms with Crippen molar-refractivity contribution in [3.05, 3.63) is 59.9 Å². The summed E-state index contributed by atoms with van der Waals surface area (Å²) in [6.07, 6.45) is 4.08. The van der Waals surface area contributed by atoms with Gasteiger partial charge >= 0.3 is 11.8 Å². The molecule has 0 aliphatic carbocycles. The van der Waals surface area contributed by atoms with E-state index in [-0.39, 0.29) is 5.69 Å². The molecule has 2 aromatic carbocycles. The number of carbonyl (C=O) groups is 2. The number of halogens is 1. The normalized spacial score (nSPS) is 13.4. The molecule has 1 saturated heterocycles. The number of aryl methyl sites for hydroxylation is 1. The lowest BCUT2D eigenvalue weighted by atomic mass is 10.1. The summed E-state index contributed by atoms with van der Waals surface area (Å²) in [4.78, 5) is 26.0. The first-order valence-electron chi connectivity index (χ1n) is 9.30. The van der Waals surface area contributed by atoms with Gasteiger partial charge < -0.3 is 15.5 Å². The Kier molecular flexibility index (Phi) is 6.41. The molecule has 0 atom stereocenters. The fourth-order valence-electron chi connectivity index (χ4n) is 3.18. The summed E-state index contributed by atoms with van der Waals surface area (Å²) in [5.41, 5.74) is 2.73. The monoisotopic (exact) mass is 369 g/mol.